The molecule has 0 aliphatic carbocycles. The van der Waals surface area contributed by atoms with Crippen molar-refractivity contribution in [1.29, 1.82) is 0 Å². The first kappa shape index (κ1) is 7.59. The molecule has 5 nitrogen and oxygen atoms in total. The van der Waals surface area contributed by atoms with Crippen molar-refractivity contribution < 1.29 is 9.59 Å². The van der Waals surface area contributed by atoms with E-state index in [9.17, 15) is 9.59 Å². The molecule has 0 bridgehead atoms. The fraction of sp³-hybridized carbons (Fsp3) is 0.333. The van der Waals surface area contributed by atoms with Gasteiger partial charge in [-0.25, -0.2) is 4.79 Å². The van der Waals surface area contributed by atoms with Crippen LogP contribution in [0.15, 0.2) is 12.2 Å². The van der Waals surface area contributed by atoms with Crippen LogP contribution in [0.5, 0.6) is 0 Å². The minimum absolute atomic E-state index is 0.364. The highest BCUT2D eigenvalue weighted by atomic mass is 16.2. The molecular formula is C6H9N3O2. The van der Waals surface area contributed by atoms with Gasteiger partial charge in [0.15, 0.2) is 0 Å². The Kier molecular flexibility index (Phi) is 1.80. The molecule has 0 spiro atoms. The lowest BCUT2D eigenvalue weighted by Gasteiger charge is -2.18. The summed E-state index contributed by atoms with van der Waals surface area (Å²) < 4.78 is 0. The Morgan fingerprint density at radius 2 is 2.09 bits per heavy atom. The van der Waals surface area contributed by atoms with E-state index < -0.39 is 18.0 Å². The van der Waals surface area contributed by atoms with Crippen molar-refractivity contribution in [2.75, 3.05) is 6.54 Å². The number of nitrogens with zero attached hydrogens (tertiary/aromatic N) is 1. The maximum Gasteiger partial charge on any atom is 0.316 e. The van der Waals surface area contributed by atoms with Crippen LogP contribution in [-0.2, 0) is 4.79 Å². The molecule has 1 atom stereocenters. The number of hydrogen-bond donors (Lipinski definition) is 2. The summed E-state index contributed by atoms with van der Waals surface area (Å²) in [5, 5.41) is 0. The van der Waals surface area contributed by atoms with Crippen LogP contribution in [0.2, 0.25) is 0 Å². The second kappa shape index (κ2) is 2.61. The third-order valence-electron chi connectivity index (χ3n) is 1.53. The Morgan fingerprint density at radius 3 is 2.45 bits per heavy atom. The fourth-order valence-corrected chi connectivity index (χ4v) is 0.996. The number of carbonyl (C=O) groups excluding carboxylic acids is 2. The standard InChI is InChI=1S/C6H9N3O2/c7-5(10)4-2-1-3-9(4)6(8)11/h1-2,4H,3H2,(H2,7,10)(H2,8,11). The second-order valence-corrected chi connectivity index (χ2v) is 2.27. The summed E-state index contributed by atoms with van der Waals surface area (Å²) in [4.78, 5) is 22.5. The number of carbonyl (C=O) groups is 2. The van der Waals surface area contributed by atoms with Gasteiger partial charge in [-0.05, 0) is 0 Å². The molecule has 5 heteroatoms. The van der Waals surface area contributed by atoms with Crippen molar-refractivity contribution in [3.05, 3.63) is 12.2 Å². The van der Waals surface area contributed by atoms with Crippen molar-refractivity contribution in [3.63, 3.8) is 0 Å². The predicted octanol–water partition coefficient (Wildman–Crippen LogP) is -1.21. The lowest BCUT2D eigenvalue weighted by Crippen LogP contribution is -2.46. The molecule has 4 N–H and O–H groups in total. The van der Waals surface area contributed by atoms with Gasteiger partial charge in [-0.15, -0.1) is 0 Å². The van der Waals surface area contributed by atoms with Gasteiger partial charge >= 0.3 is 6.03 Å². The van der Waals surface area contributed by atoms with Gasteiger partial charge in [0.2, 0.25) is 5.91 Å². The van der Waals surface area contributed by atoms with E-state index >= 15 is 0 Å². The van der Waals surface area contributed by atoms with Crippen molar-refractivity contribution in [2.24, 2.45) is 11.5 Å². The lowest BCUT2D eigenvalue weighted by atomic mass is 10.3. The molecule has 1 rings (SSSR count). The highest BCUT2D eigenvalue weighted by Gasteiger charge is 2.26. The smallest absolute Gasteiger partial charge is 0.316 e. The van der Waals surface area contributed by atoms with Crippen molar-refractivity contribution >= 4 is 11.9 Å². The summed E-state index contributed by atoms with van der Waals surface area (Å²) >= 11 is 0. The minimum Gasteiger partial charge on any atom is -0.368 e. The van der Waals surface area contributed by atoms with Gasteiger partial charge in [0.1, 0.15) is 6.04 Å². The predicted molar refractivity (Wildman–Crippen MR) is 38.4 cm³/mol. The van der Waals surface area contributed by atoms with Gasteiger partial charge in [-0.3, -0.25) is 4.79 Å². The summed E-state index contributed by atoms with van der Waals surface area (Å²) in [5.41, 5.74) is 9.95. The van der Waals surface area contributed by atoms with E-state index in [1.54, 1.807) is 12.2 Å². The van der Waals surface area contributed by atoms with E-state index in [0.717, 1.165) is 0 Å². The van der Waals surface area contributed by atoms with Gasteiger partial charge in [-0.2, -0.15) is 0 Å². The molecule has 0 radical (unpaired) electrons. The quantitative estimate of drug-likeness (QED) is 0.465. The normalized spacial score (nSPS) is 22.2. The summed E-state index contributed by atoms with van der Waals surface area (Å²) in [7, 11) is 0. The van der Waals surface area contributed by atoms with Gasteiger partial charge in [0, 0.05) is 6.54 Å². The van der Waals surface area contributed by atoms with Crippen LogP contribution in [0.1, 0.15) is 0 Å². The van der Waals surface area contributed by atoms with Crippen molar-refractivity contribution in [1.82, 2.24) is 4.90 Å². The first-order valence-corrected chi connectivity index (χ1v) is 3.15. The van der Waals surface area contributed by atoms with Gasteiger partial charge in [0.05, 0.1) is 0 Å². The molecule has 0 saturated heterocycles. The largest absolute Gasteiger partial charge is 0.368 e. The molecule has 0 aromatic carbocycles. The van der Waals surface area contributed by atoms with E-state index in [-0.39, 0.29) is 0 Å². The fourth-order valence-electron chi connectivity index (χ4n) is 0.996. The number of primary amides is 2. The van der Waals surface area contributed by atoms with E-state index in [1.807, 2.05) is 0 Å². The van der Waals surface area contributed by atoms with E-state index in [0.29, 0.717) is 6.54 Å². The van der Waals surface area contributed by atoms with E-state index in [1.165, 1.54) is 4.90 Å². The molecule has 11 heavy (non-hydrogen) atoms. The first-order valence-electron chi connectivity index (χ1n) is 3.15. The SMILES string of the molecule is NC(=O)C1C=CCN1C(N)=O. The van der Waals surface area contributed by atoms with Crippen molar-refractivity contribution in [2.45, 2.75) is 6.04 Å². The van der Waals surface area contributed by atoms with E-state index in [4.69, 9.17) is 11.5 Å². The van der Waals surface area contributed by atoms with Gasteiger partial charge < -0.3 is 16.4 Å². The average molecular weight is 155 g/mol. The molecule has 0 aromatic rings. The zero-order valence-corrected chi connectivity index (χ0v) is 5.86. The Morgan fingerprint density at radius 1 is 1.45 bits per heavy atom. The minimum atomic E-state index is -0.660. The zero-order chi connectivity index (χ0) is 8.43. The molecule has 1 aliphatic heterocycles. The van der Waals surface area contributed by atoms with Gasteiger partial charge in [-0.1, -0.05) is 12.2 Å². The zero-order valence-electron chi connectivity index (χ0n) is 5.86. The summed E-state index contributed by atoms with van der Waals surface area (Å²) in [6.45, 7) is 0.364. The van der Waals surface area contributed by atoms with Crippen LogP contribution < -0.4 is 11.5 Å². The molecule has 60 valence electrons. The molecule has 3 amide bonds. The highest BCUT2D eigenvalue weighted by molar-refractivity contribution is 5.88. The Bertz CT molecular complexity index is 224. The topological polar surface area (TPSA) is 89.4 Å². The molecule has 1 unspecified atom stereocenters. The maximum absolute atomic E-state index is 10.6. The van der Waals surface area contributed by atoms with Crippen LogP contribution in [0.25, 0.3) is 0 Å². The Hall–Kier alpha value is -1.52. The average Bonchev–Trinajstić information content (AvgIpc) is 2.32. The number of nitrogens with two attached hydrogens (primary N) is 2. The molecule has 0 saturated carbocycles. The Labute approximate surface area is 63.6 Å². The number of amides is 3. The summed E-state index contributed by atoms with van der Waals surface area (Å²) in [5.74, 6) is -0.558. The molecule has 0 aromatic heterocycles. The second-order valence-electron chi connectivity index (χ2n) is 2.27. The third-order valence-corrected chi connectivity index (χ3v) is 1.53. The number of rotatable bonds is 1. The van der Waals surface area contributed by atoms with Crippen molar-refractivity contribution in [3.8, 4) is 0 Å². The summed E-state index contributed by atoms with van der Waals surface area (Å²) in [6.07, 6.45) is 3.24. The number of urea groups is 1. The number of hydrogen-bond acceptors (Lipinski definition) is 2. The molecule has 1 aliphatic rings. The Balaban J connectivity index is 2.71. The van der Waals surface area contributed by atoms with Crippen LogP contribution in [0.3, 0.4) is 0 Å². The van der Waals surface area contributed by atoms with Crippen LogP contribution in [0, 0.1) is 0 Å². The lowest BCUT2D eigenvalue weighted by molar-refractivity contribution is -0.120. The third kappa shape index (κ3) is 1.31. The monoisotopic (exact) mass is 155 g/mol. The van der Waals surface area contributed by atoms with Gasteiger partial charge in [0.25, 0.3) is 0 Å². The molecular weight excluding hydrogens is 146 g/mol. The molecule has 1 heterocycles. The maximum atomic E-state index is 10.6. The first-order chi connectivity index (χ1) is 5.13. The van der Waals surface area contributed by atoms with Crippen LogP contribution in [0.4, 0.5) is 4.79 Å². The van der Waals surface area contributed by atoms with Crippen LogP contribution >= 0.6 is 0 Å². The summed E-state index contributed by atoms with van der Waals surface area (Å²) in [6, 6.07) is -1.29. The van der Waals surface area contributed by atoms with Crippen LogP contribution in [-0.4, -0.2) is 29.4 Å². The highest BCUT2D eigenvalue weighted by Crippen LogP contribution is 2.07. The van der Waals surface area contributed by atoms with E-state index in [2.05, 4.69) is 0 Å². The molecule has 0 fully saturated rings.